The van der Waals surface area contributed by atoms with Gasteiger partial charge in [-0.05, 0) is 19.8 Å². The van der Waals surface area contributed by atoms with E-state index in [1.165, 1.54) is 12.0 Å². The van der Waals surface area contributed by atoms with Crippen molar-refractivity contribution < 1.29 is 19.5 Å². The zero-order chi connectivity index (χ0) is 14.4. The SMILES string of the molecule is CCON(C(C)=O)[C@@H]1CC[C@@H](C#N)N(CC(=O)O)C1. The molecule has 19 heavy (non-hydrogen) atoms. The number of hydroxylamine groups is 2. The average Bonchev–Trinajstić information content (AvgIpc) is 2.34. The van der Waals surface area contributed by atoms with Crippen LogP contribution in [0.5, 0.6) is 0 Å². The molecule has 1 N–H and O–H groups in total. The second kappa shape index (κ2) is 7.07. The summed E-state index contributed by atoms with van der Waals surface area (Å²) in [4.78, 5) is 29.2. The molecule has 1 rings (SSSR count). The van der Waals surface area contributed by atoms with E-state index in [1.807, 2.05) is 0 Å². The maximum Gasteiger partial charge on any atom is 0.317 e. The quantitative estimate of drug-likeness (QED) is 0.718. The van der Waals surface area contributed by atoms with E-state index in [2.05, 4.69) is 6.07 Å². The van der Waals surface area contributed by atoms with Crippen LogP contribution >= 0.6 is 0 Å². The van der Waals surface area contributed by atoms with Crippen LogP contribution in [-0.2, 0) is 14.4 Å². The van der Waals surface area contributed by atoms with Crippen molar-refractivity contribution in [1.82, 2.24) is 9.96 Å². The lowest BCUT2D eigenvalue weighted by Crippen LogP contribution is -2.53. The maximum absolute atomic E-state index is 11.5. The van der Waals surface area contributed by atoms with E-state index in [4.69, 9.17) is 15.2 Å². The largest absolute Gasteiger partial charge is 0.480 e. The Kier molecular flexibility index (Phi) is 5.73. The van der Waals surface area contributed by atoms with Gasteiger partial charge in [0, 0.05) is 13.5 Å². The number of amides is 1. The molecule has 1 amide bonds. The number of carbonyl (C=O) groups is 2. The minimum absolute atomic E-state index is 0.202. The van der Waals surface area contributed by atoms with E-state index in [9.17, 15) is 9.59 Å². The number of likely N-dealkylation sites (tertiary alicyclic amines) is 1. The zero-order valence-corrected chi connectivity index (χ0v) is 11.2. The smallest absolute Gasteiger partial charge is 0.317 e. The predicted octanol–water partition coefficient (Wildman–Crippen LogP) is 0.228. The van der Waals surface area contributed by atoms with Crippen LogP contribution < -0.4 is 0 Å². The van der Waals surface area contributed by atoms with E-state index in [1.54, 1.807) is 11.8 Å². The predicted molar refractivity (Wildman–Crippen MR) is 65.8 cm³/mol. The molecule has 1 aliphatic heterocycles. The van der Waals surface area contributed by atoms with Gasteiger partial charge in [0.05, 0.1) is 31.3 Å². The number of hydrogen-bond donors (Lipinski definition) is 1. The third-order valence-electron chi connectivity index (χ3n) is 3.06. The van der Waals surface area contributed by atoms with Crippen molar-refractivity contribution in [3.05, 3.63) is 0 Å². The number of carbonyl (C=O) groups excluding carboxylic acids is 1. The molecule has 0 saturated carbocycles. The highest BCUT2D eigenvalue weighted by molar-refractivity contribution is 5.72. The summed E-state index contributed by atoms with van der Waals surface area (Å²) in [6.45, 7) is 3.70. The first-order valence-electron chi connectivity index (χ1n) is 6.27. The molecular formula is C12H19N3O4. The van der Waals surface area contributed by atoms with Gasteiger partial charge < -0.3 is 5.11 Å². The molecule has 1 fully saturated rings. The number of aliphatic carboxylic acids is 1. The topological polar surface area (TPSA) is 93.9 Å². The van der Waals surface area contributed by atoms with Crippen LogP contribution in [0.1, 0.15) is 26.7 Å². The lowest BCUT2D eigenvalue weighted by Gasteiger charge is -2.39. The van der Waals surface area contributed by atoms with E-state index >= 15 is 0 Å². The summed E-state index contributed by atoms with van der Waals surface area (Å²) in [5, 5.41) is 19.2. The van der Waals surface area contributed by atoms with E-state index in [0.29, 0.717) is 26.0 Å². The van der Waals surface area contributed by atoms with Crippen molar-refractivity contribution in [2.75, 3.05) is 19.7 Å². The number of hydrogen-bond acceptors (Lipinski definition) is 5. The van der Waals surface area contributed by atoms with Gasteiger partial charge in [0.15, 0.2) is 0 Å². The fourth-order valence-corrected chi connectivity index (χ4v) is 2.30. The minimum atomic E-state index is -0.980. The number of nitrogens with zero attached hydrogens (tertiary/aromatic N) is 3. The first-order valence-corrected chi connectivity index (χ1v) is 6.27. The Balaban J connectivity index is 2.75. The molecule has 7 heteroatoms. The Labute approximate surface area is 112 Å². The van der Waals surface area contributed by atoms with Crippen LogP contribution in [0.15, 0.2) is 0 Å². The van der Waals surface area contributed by atoms with Crippen LogP contribution in [0, 0.1) is 11.3 Å². The second-order valence-corrected chi connectivity index (χ2v) is 4.46. The summed E-state index contributed by atoms with van der Waals surface area (Å²) in [6.07, 6.45) is 1.17. The van der Waals surface area contributed by atoms with Crippen molar-refractivity contribution in [1.29, 1.82) is 5.26 Å². The summed E-state index contributed by atoms with van der Waals surface area (Å²) >= 11 is 0. The molecule has 106 valence electrons. The average molecular weight is 269 g/mol. The van der Waals surface area contributed by atoms with Crippen molar-refractivity contribution >= 4 is 11.9 Å². The maximum atomic E-state index is 11.5. The van der Waals surface area contributed by atoms with Crippen LogP contribution in [0.25, 0.3) is 0 Å². The van der Waals surface area contributed by atoms with Crippen LogP contribution in [0.3, 0.4) is 0 Å². The normalized spacial score (nSPS) is 23.6. The van der Waals surface area contributed by atoms with Crippen LogP contribution in [0.4, 0.5) is 0 Å². The van der Waals surface area contributed by atoms with Crippen LogP contribution in [-0.4, -0.2) is 58.7 Å². The zero-order valence-electron chi connectivity index (χ0n) is 11.2. The fraction of sp³-hybridized carbons (Fsp3) is 0.750. The summed E-state index contributed by atoms with van der Waals surface area (Å²) in [6, 6.07) is 1.48. The molecule has 0 aromatic rings. The molecule has 2 atom stereocenters. The van der Waals surface area contributed by atoms with Gasteiger partial charge >= 0.3 is 5.97 Å². The lowest BCUT2D eigenvalue weighted by atomic mass is 9.98. The van der Waals surface area contributed by atoms with Crippen molar-refractivity contribution in [3.8, 4) is 6.07 Å². The second-order valence-electron chi connectivity index (χ2n) is 4.46. The van der Waals surface area contributed by atoms with Gasteiger partial charge in [-0.25, -0.2) is 5.06 Å². The van der Waals surface area contributed by atoms with Gasteiger partial charge in [0.2, 0.25) is 5.91 Å². The molecule has 0 radical (unpaired) electrons. The summed E-state index contributed by atoms with van der Waals surface area (Å²) < 4.78 is 0. The first-order chi connectivity index (χ1) is 8.99. The highest BCUT2D eigenvalue weighted by Crippen LogP contribution is 2.21. The number of nitriles is 1. The standard InChI is InChI=1S/C12H19N3O4/c1-3-19-15(9(2)16)11-5-4-10(6-13)14(7-11)8-12(17)18/h10-11H,3-5,7-8H2,1-2H3,(H,17,18)/t10-,11+/m0/s1. The molecule has 1 heterocycles. The van der Waals surface area contributed by atoms with Crippen molar-refractivity contribution in [3.63, 3.8) is 0 Å². The molecule has 0 spiro atoms. The molecule has 0 unspecified atom stereocenters. The number of carboxylic acids is 1. The Hall–Kier alpha value is -1.65. The fourth-order valence-electron chi connectivity index (χ4n) is 2.30. The highest BCUT2D eigenvalue weighted by atomic mass is 16.7. The molecule has 0 bridgehead atoms. The molecule has 1 saturated heterocycles. The third kappa shape index (κ3) is 4.19. The minimum Gasteiger partial charge on any atom is -0.480 e. The van der Waals surface area contributed by atoms with Gasteiger partial charge in [-0.3, -0.25) is 19.3 Å². The molecule has 1 aliphatic rings. The number of piperidine rings is 1. The molecule has 0 aromatic carbocycles. The molecular weight excluding hydrogens is 250 g/mol. The van der Waals surface area contributed by atoms with Gasteiger partial charge in [-0.15, -0.1) is 0 Å². The third-order valence-corrected chi connectivity index (χ3v) is 3.06. The Bertz CT molecular complexity index is 380. The molecule has 0 aliphatic carbocycles. The number of carboxylic acid groups (broad SMARTS) is 1. The highest BCUT2D eigenvalue weighted by Gasteiger charge is 2.34. The van der Waals surface area contributed by atoms with Gasteiger partial charge in [-0.2, -0.15) is 5.26 Å². The van der Waals surface area contributed by atoms with Crippen molar-refractivity contribution in [2.24, 2.45) is 0 Å². The van der Waals surface area contributed by atoms with Gasteiger partial charge in [-0.1, -0.05) is 0 Å². The summed E-state index contributed by atoms with van der Waals surface area (Å²) in [5.74, 6) is -1.19. The van der Waals surface area contributed by atoms with E-state index in [-0.39, 0.29) is 18.5 Å². The Morgan fingerprint density at radius 1 is 1.53 bits per heavy atom. The summed E-state index contributed by atoms with van der Waals surface area (Å²) in [5.41, 5.74) is 0. The van der Waals surface area contributed by atoms with Gasteiger partial charge in [0.1, 0.15) is 0 Å². The monoisotopic (exact) mass is 269 g/mol. The van der Waals surface area contributed by atoms with E-state index in [0.717, 1.165) is 0 Å². The Morgan fingerprint density at radius 2 is 2.21 bits per heavy atom. The number of rotatable bonds is 5. The lowest BCUT2D eigenvalue weighted by molar-refractivity contribution is -0.202. The Morgan fingerprint density at radius 3 is 2.68 bits per heavy atom. The molecule has 7 nitrogen and oxygen atoms in total. The molecule has 0 aromatic heterocycles. The van der Waals surface area contributed by atoms with Crippen LogP contribution in [0.2, 0.25) is 0 Å². The first kappa shape index (κ1) is 15.4. The van der Waals surface area contributed by atoms with Crippen molar-refractivity contribution in [2.45, 2.75) is 38.8 Å². The van der Waals surface area contributed by atoms with Gasteiger partial charge in [0.25, 0.3) is 0 Å². The summed E-state index contributed by atoms with van der Waals surface area (Å²) in [7, 11) is 0. The van der Waals surface area contributed by atoms with E-state index < -0.39 is 12.0 Å².